The Labute approximate surface area is 209 Å². The molecule has 1 aliphatic heterocycles. The largest absolute Gasteiger partial charge is 0.373 e. The van der Waals surface area contributed by atoms with Gasteiger partial charge in [-0.3, -0.25) is 5.43 Å². The maximum atomic E-state index is 13.3. The molecule has 3 aromatic carbocycles. The van der Waals surface area contributed by atoms with Gasteiger partial charge in [0.15, 0.2) is 0 Å². The number of aromatic nitrogens is 1. The van der Waals surface area contributed by atoms with E-state index in [-0.39, 0.29) is 17.1 Å². The number of nitrogens with zero attached hydrogens (tertiary/aromatic N) is 3. The lowest BCUT2D eigenvalue weighted by molar-refractivity contribution is -0.0440. The third-order valence-electron chi connectivity index (χ3n) is 5.85. The van der Waals surface area contributed by atoms with Gasteiger partial charge in [-0.25, -0.2) is 13.4 Å². The van der Waals surface area contributed by atoms with Crippen LogP contribution in [-0.2, 0) is 14.8 Å². The lowest BCUT2D eigenvalue weighted by Gasteiger charge is -2.34. The number of ether oxygens (including phenoxy) is 1. The van der Waals surface area contributed by atoms with E-state index < -0.39 is 10.0 Å². The fourth-order valence-electron chi connectivity index (χ4n) is 4.27. The molecule has 35 heavy (non-hydrogen) atoms. The summed E-state index contributed by atoms with van der Waals surface area (Å²) in [6.07, 6.45) is 1.50. The van der Waals surface area contributed by atoms with Gasteiger partial charge >= 0.3 is 0 Å². The van der Waals surface area contributed by atoms with E-state index >= 15 is 0 Å². The van der Waals surface area contributed by atoms with Crippen LogP contribution in [0.5, 0.6) is 0 Å². The molecule has 1 saturated heterocycles. The summed E-state index contributed by atoms with van der Waals surface area (Å²) >= 11 is 1.41. The number of hydrogen-bond donors (Lipinski definition) is 1. The average molecular weight is 507 g/mol. The summed E-state index contributed by atoms with van der Waals surface area (Å²) in [5.41, 5.74) is 5.43. The van der Waals surface area contributed by atoms with Gasteiger partial charge in [0.25, 0.3) is 0 Å². The van der Waals surface area contributed by atoms with Gasteiger partial charge in [0.05, 0.1) is 29.0 Å². The number of sulfonamides is 1. The van der Waals surface area contributed by atoms with Crippen LogP contribution >= 0.6 is 11.3 Å². The highest BCUT2D eigenvalue weighted by atomic mass is 32.2. The second-order valence-electron chi connectivity index (χ2n) is 8.58. The number of anilines is 1. The van der Waals surface area contributed by atoms with Crippen LogP contribution in [0.2, 0.25) is 0 Å². The van der Waals surface area contributed by atoms with E-state index in [1.165, 1.54) is 15.6 Å². The molecule has 5 rings (SSSR count). The highest BCUT2D eigenvalue weighted by Crippen LogP contribution is 2.29. The number of rotatable bonds is 6. The van der Waals surface area contributed by atoms with Crippen molar-refractivity contribution in [3.63, 3.8) is 0 Å². The van der Waals surface area contributed by atoms with Crippen LogP contribution in [0.15, 0.2) is 82.1 Å². The van der Waals surface area contributed by atoms with Gasteiger partial charge in [0.1, 0.15) is 0 Å². The highest BCUT2D eigenvalue weighted by Gasteiger charge is 2.32. The normalized spacial score (nSPS) is 19.4. The molecule has 4 aromatic rings. The Morgan fingerprint density at radius 1 is 1.06 bits per heavy atom. The molecule has 0 amide bonds. The fourth-order valence-corrected chi connectivity index (χ4v) is 6.58. The smallest absolute Gasteiger partial charge is 0.243 e. The molecule has 0 radical (unpaired) electrons. The van der Waals surface area contributed by atoms with Crippen molar-refractivity contribution in [1.82, 2.24) is 9.29 Å². The summed E-state index contributed by atoms with van der Waals surface area (Å²) < 4.78 is 33.7. The highest BCUT2D eigenvalue weighted by molar-refractivity contribution is 7.89. The first-order chi connectivity index (χ1) is 16.9. The summed E-state index contributed by atoms with van der Waals surface area (Å²) in [5.74, 6) is 0. The first kappa shape index (κ1) is 23.6. The summed E-state index contributed by atoms with van der Waals surface area (Å²) in [5, 5.41) is 9.16. The van der Waals surface area contributed by atoms with E-state index in [1.807, 2.05) is 49.6 Å². The second-order valence-corrected chi connectivity index (χ2v) is 11.4. The number of thiazole rings is 1. The van der Waals surface area contributed by atoms with Gasteiger partial charge in [-0.2, -0.15) is 9.41 Å². The lowest BCUT2D eigenvalue weighted by atomic mass is 10.1. The number of benzene rings is 3. The van der Waals surface area contributed by atoms with Gasteiger partial charge in [-0.05, 0) is 36.8 Å². The maximum absolute atomic E-state index is 13.3. The molecule has 2 atom stereocenters. The monoisotopic (exact) mass is 506 g/mol. The van der Waals surface area contributed by atoms with E-state index in [0.29, 0.717) is 23.9 Å². The minimum atomic E-state index is -3.62. The van der Waals surface area contributed by atoms with Crippen molar-refractivity contribution < 1.29 is 13.2 Å². The Balaban J connectivity index is 1.33. The summed E-state index contributed by atoms with van der Waals surface area (Å²) in [6, 6.07) is 21.2. The summed E-state index contributed by atoms with van der Waals surface area (Å²) in [7, 11) is -3.62. The standard InChI is InChI=1S/C26H26N4O3S2/c1-18-15-30(16-19(2)33-18)35(31,32)23-11-6-9-21(13-23)25-17-34-26(28-25)29-27-14-22-10-5-8-20-7-3-4-12-24(20)22/h3-14,17-19H,15-16H2,1-2H3,(H,28,29)/b27-14+. The molecule has 2 unspecified atom stereocenters. The predicted octanol–water partition coefficient (Wildman–Crippen LogP) is 5.21. The number of fused-ring (bicyclic) bond motifs is 1. The van der Waals surface area contributed by atoms with Gasteiger partial charge in [0, 0.05) is 29.6 Å². The van der Waals surface area contributed by atoms with Gasteiger partial charge in [0.2, 0.25) is 15.2 Å². The minimum absolute atomic E-state index is 0.140. The quantitative estimate of drug-likeness (QED) is 0.287. The zero-order valence-electron chi connectivity index (χ0n) is 19.5. The van der Waals surface area contributed by atoms with E-state index in [9.17, 15) is 8.42 Å². The molecule has 180 valence electrons. The topological polar surface area (TPSA) is 83.9 Å². The first-order valence-electron chi connectivity index (χ1n) is 11.4. The SMILES string of the molecule is CC1CN(S(=O)(=O)c2cccc(-c3csc(N/N=C/c4cccc5ccccc45)n3)c2)CC(C)O1. The van der Waals surface area contributed by atoms with Crippen LogP contribution in [0, 0.1) is 0 Å². The van der Waals surface area contributed by atoms with Crippen LogP contribution < -0.4 is 5.43 Å². The van der Waals surface area contributed by atoms with Crippen LogP contribution in [0.4, 0.5) is 5.13 Å². The van der Waals surface area contributed by atoms with Crippen molar-refractivity contribution in [2.75, 3.05) is 18.5 Å². The predicted molar refractivity (Wildman–Crippen MR) is 141 cm³/mol. The van der Waals surface area contributed by atoms with Gasteiger partial charge in [-0.15, -0.1) is 11.3 Å². The zero-order valence-corrected chi connectivity index (χ0v) is 21.1. The minimum Gasteiger partial charge on any atom is -0.373 e. The molecule has 7 nitrogen and oxygen atoms in total. The van der Waals surface area contributed by atoms with Crippen LogP contribution in [0.3, 0.4) is 0 Å². The van der Waals surface area contributed by atoms with Gasteiger partial charge < -0.3 is 4.74 Å². The average Bonchev–Trinajstić information content (AvgIpc) is 3.33. The molecule has 1 N–H and O–H groups in total. The summed E-state index contributed by atoms with van der Waals surface area (Å²) in [4.78, 5) is 4.86. The van der Waals surface area contributed by atoms with Crippen molar-refractivity contribution in [3.05, 3.63) is 77.7 Å². The Morgan fingerprint density at radius 3 is 2.63 bits per heavy atom. The Kier molecular flexibility index (Phi) is 6.66. The molecular weight excluding hydrogens is 480 g/mol. The number of hydrazone groups is 1. The number of morpholine rings is 1. The third kappa shape index (κ3) is 5.13. The second kappa shape index (κ2) is 9.87. The molecular formula is C26H26N4O3S2. The van der Waals surface area contributed by atoms with Crippen molar-refractivity contribution in [1.29, 1.82) is 0 Å². The molecule has 0 saturated carbocycles. The maximum Gasteiger partial charge on any atom is 0.243 e. The van der Waals surface area contributed by atoms with Crippen LogP contribution in [0.25, 0.3) is 22.0 Å². The van der Waals surface area contributed by atoms with Crippen LogP contribution in [-0.4, -0.2) is 49.2 Å². The van der Waals surface area contributed by atoms with E-state index in [0.717, 1.165) is 21.9 Å². The molecule has 1 aliphatic rings. The lowest BCUT2D eigenvalue weighted by Crippen LogP contribution is -2.48. The Bertz CT molecular complexity index is 1470. The van der Waals surface area contributed by atoms with Crippen molar-refractivity contribution in [2.24, 2.45) is 5.10 Å². The molecule has 1 fully saturated rings. The van der Waals surface area contributed by atoms with Crippen molar-refractivity contribution >= 4 is 43.5 Å². The number of nitrogens with one attached hydrogen (secondary N) is 1. The molecule has 0 bridgehead atoms. The van der Waals surface area contributed by atoms with Crippen molar-refractivity contribution in [3.8, 4) is 11.3 Å². The first-order valence-corrected chi connectivity index (χ1v) is 13.7. The van der Waals surface area contributed by atoms with E-state index in [1.54, 1.807) is 24.4 Å². The van der Waals surface area contributed by atoms with Crippen LogP contribution in [0.1, 0.15) is 19.4 Å². The van der Waals surface area contributed by atoms with Gasteiger partial charge in [-0.1, -0.05) is 54.6 Å². The third-order valence-corrected chi connectivity index (χ3v) is 8.42. The molecule has 2 heterocycles. The number of hydrogen-bond acceptors (Lipinski definition) is 7. The fraction of sp³-hybridized carbons (Fsp3) is 0.231. The summed E-state index contributed by atoms with van der Waals surface area (Å²) in [6.45, 7) is 4.47. The Hall–Kier alpha value is -3.11. The molecule has 9 heteroatoms. The molecule has 1 aromatic heterocycles. The van der Waals surface area contributed by atoms with E-state index in [4.69, 9.17) is 4.74 Å². The molecule has 0 aliphatic carbocycles. The molecule has 0 spiro atoms. The van der Waals surface area contributed by atoms with Crippen molar-refractivity contribution in [2.45, 2.75) is 31.0 Å². The zero-order chi connectivity index (χ0) is 24.4. The van der Waals surface area contributed by atoms with E-state index in [2.05, 4.69) is 33.7 Å². The Morgan fingerprint density at radius 2 is 1.80 bits per heavy atom.